The van der Waals surface area contributed by atoms with Crippen molar-refractivity contribution in [3.8, 4) is 0 Å². The van der Waals surface area contributed by atoms with Gasteiger partial charge in [0.2, 0.25) is 0 Å². The molecule has 1 N–H and O–H groups in total. The van der Waals surface area contributed by atoms with Crippen molar-refractivity contribution in [3.05, 3.63) is 0 Å². The van der Waals surface area contributed by atoms with E-state index in [1.807, 2.05) is 0 Å². The number of hydrogen-bond donors (Lipinski definition) is 1. The molecule has 1 spiro atoms. The van der Waals surface area contributed by atoms with E-state index in [9.17, 15) is 0 Å². The van der Waals surface area contributed by atoms with Gasteiger partial charge in [-0.3, -0.25) is 0 Å². The van der Waals surface area contributed by atoms with Crippen LogP contribution in [0, 0.1) is 5.41 Å². The molecule has 0 aromatic carbocycles. The molecule has 1 saturated heterocycles. The fraction of sp³-hybridized carbons (Fsp3) is 1.00. The van der Waals surface area contributed by atoms with Gasteiger partial charge in [0, 0.05) is 6.04 Å². The number of rotatable bonds is 1. The summed E-state index contributed by atoms with van der Waals surface area (Å²) in [6, 6.07) is 0.862. The van der Waals surface area contributed by atoms with Gasteiger partial charge < -0.3 is 5.32 Å². The molecule has 1 aliphatic carbocycles. The molecule has 0 amide bonds. The third-order valence-electron chi connectivity index (χ3n) is 3.51. The molecule has 1 heterocycles. The van der Waals surface area contributed by atoms with Crippen molar-refractivity contribution in [2.75, 3.05) is 6.54 Å². The highest BCUT2D eigenvalue weighted by molar-refractivity contribution is 5.01. The molecule has 0 radical (unpaired) electrons. The molecule has 0 aromatic rings. The van der Waals surface area contributed by atoms with Crippen LogP contribution in [-0.2, 0) is 0 Å². The van der Waals surface area contributed by atoms with Crippen LogP contribution in [-0.4, -0.2) is 12.6 Å². The minimum absolute atomic E-state index is 0.773. The van der Waals surface area contributed by atoms with Crippen LogP contribution in [0.5, 0.6) is 0 Å². The van der Waals surface area contributed by atoms with Gasteiger partial charge in [-0.05, 0) is 37.6 Å². The van der Waals surface area contributed by atoms with Crippen LogP contribution >= 0.6 is 0 Å². The van der Waals surface area contributed by atoms with Crippen LogP contribution in [0.4, 0.5) is 0 Å². The summed E-state index contributed by atoms with van der Waals surface area (Å²) in [5.74, 6) is 0. The molecular weight excluding hydrogens is 122 g/mol. The molecule has 2 aliphatic rings. The van der Waals surface area contributed by atoms with Gasteiger partial charge in [-0.2, -0.15) is 0 Å². The Bertz CT molecular complexity index is 127. The molecule has 1 saturated carbocycles. The fourth-order valence-electron chi connectivity index (χ4n) is 2.69. The summed E-state index contributed by atoms with van der Waals surface area (Å²) in [5, 5.41) is 3.60. The van der Waals surface area contributed by atoms with E-state index < -0.39 is 0 Å². The normalized spacial score (nSPS) is 36.3. The molecule has 1 aliphatic heterocycles. The number of hydrogen-bond acceptors (Lipinski definition) is 1. The lowest BCUT2D eigenvalue weighted by atomic mass is 9.63. The zero-order chi connectivity index (χ0) is 7.03. The average molecular weight is 139 g/mol. The lowest BCUT2D eigenvalue weighted by Gasteiger charge is -2.42. The lowest BCUT2D eigenvalue weighted by Crippen LogP contribution is -2.41. The van der Waals surface area contributed by atoms with Crippen LogP contribution in [0.2, 0.25) is 0 Å². The van der Waals surface area contributed by atoms with Crippen molar-refractivity contribution in [1.82, 2.24) is 5.32 Å². The van der Waals surface area contributed by atoms with Crippen molar-refractivity contribution >= 4 is 0 Å². The summed E-state index contributed by atoms with van der Waals surface area (Å²) in [7, 11) is 0. The summed E-state index contributed by atoms with van der Waals surface area (Å²) >= 11 is 0. The highest BCUT2D eigenvalue weighted by Crippen LogP contribution is 2.49. The first-order valence-corrected chi connectivity index (χ1v) is 4.61. The predicted octanol–water partition coefficient (Wildman–Crippen LogP) is 1.93. The first-order chi connectivity index (χ1) is 4.87. The maximum absolute atomic E-state index is 3.60. The molecular formula is C9H17N. The van der Waals surface area contributed by atoms with E-state index in [1.165, 1.54) is 38.6 Å². The lowest BCUT2D eigenvalue weighted by molar-refractivity contribution is 0.111. The summed E-state index contributed by atoms with van der Waals surface area (Å²) < 4.78 is 0. The van der Waals surface area contributed by atoms with Crippen molar-refractivity contribution in [3.63, 3.8) is 0 Å². The van der Waals surface area contributed by atoms with E-state index in [1.54, 1.807) is 0 Å². The monoisotopic (exact) mass is 139 g/mol. The summed E-state index contributed by atoms with van der Waals surface area (Å²) in [4.78, 5) is 0. The Morgan fingerprint density at radius 3 is 2.60 bits per heavy atom. The molecule has 10 heavy (non-hydrogen) atoms. The van der Waals surface area contributed by atoms with E-state index in [4.69, 9.17) is 0 Å². The van der Waals surface area contributed by atoms with E-state index in [0.29, 0.717) is 0 Å². The smallest absolute Gasteiger partial charge is 0.0121 e. The molecule has 1 nitrogen and oxygen atoms in total. The first-order valence-electron chi connectivity index (χ1n) is 4.61. The zero-order valence-corrected chi connectivity index (χ0v) is 6.82. The third-order valence-corrected chi connectivity index (χ3v) is 3.51. The molecule has 1 unspecified atom stereocenters. The van der Waals surface area contributed by atoms with Crippen molar-refractivity contribution in [2.24, 2.45) is 5.41 Å². The Morgan fingerprint density at radius 1 is 1.40 bits per heavy atom. The van der Waals surface area contributed by atoms with Gasteiger partial charge in [0.05, 0.1) is 0 Å². The number of nitrogens with one attached hydrogen (secondary N) is 1. The third kappa shape index (κ3) is 0.731. The van der Waals surface area contributed by atoms with E-state index in [2.05, 4.69) is 12.2 Å². The van der Waals surface area contributed by atoms with Crippen molar-refractivity contribution in [1.29, 1.82) is 0 Å². The highest BCUT2D eigenvalue weighted by Gasteiger charge is 2.45. The van der Waals surface area contributed by atoms with Gasteiger partial charge in [-0.15, -0.1) is 0 Å². The minimum atomic E-state index is 0.773. The maximum atomic E-state index is 3.60. The van der Waals surface area contributed by atoms with Crippen molar-refractivity contribution in [2.45, 2.75) is 45.1 Å². The van der Waals surface area contributed by atoms with Crippen LogP contribution in [0.25, 0.3) is 0 Å². The van der Waals surface area contributed by atoms with Crippen LogP contribution in [0.1, 0.15) is 39.0 Å². The summed E-state index contributed by atoms with van der Waals surface area (Å²) in [5.41, 5.74) is 0.773. The Kier molecular flexibility index (Phi) is 1.48. The molecule has 0 bridgehead atoms. The van der Waals surface area contributed by atoms with Crippen LogP contribution in [0.3, 0.4) is 0 Å². The van der Waals surface area contributed by atoms with Gasteiger partial charge in [0.15, 0.2) is 0 Å². The molecule has 0 aromatic heterocycles. The minimum Gasteiger partial charge on any atom is -0.313 e. The standard InChI is InChI=1S/C9H17N/c1-2-8-9(4-3-5-9)6-7-10-8/h8,10H,2-7H2,1H3. The van der Waals surface area contributed by atoms with E-state index in [-0.39, 0.29) is 0 Å². The fourth-order valence-corrected chi connectivity index (χ4v) is 2.69. The highest BCUT2D eigenvalue weighted by atomic mass is 15.0. The average Bonchev–Trinajstić information content (AvgIpc) is 2.27. The van der Waals surface area contributed by atoms with Crippen LogP contribution < -0.4 is 5.32 Å². The summed E-state index contributed by atoms with van der Waals surface area (Å²) in [6.45, 7) is 3.58. The Labute approximate surface area is 63.2 Å². The van der Waals surface area contributed by atoms with Gasteiger partial charge in [-0.25, -0.2) is 0 Å². The zero-order valence-electron chi connectivity index (χ0n) is 6.82. The van der Waals surface area contributed by atoms with Gasteiger partial charge in [-0.1, -0.05) is 13.3 Å². The molecule has 58 valence electrons. The van der Waals surface area contributed by atoms with E-state index in [0.717, 1.165) is 11.5 Å². The second-order valence-corrected chi connectivity index (χ2v) is 3.88. The molecule has 1 atom stereocenters. The van der Waals surface area contributed by atoms with Crippen molar-refractivity contribution < 1.29 is 0 Å². The molecule has 2 rings (SSSR count). The van der Waals surface area contributed by atoms with Crippen LogP contribution in [0.15, 0.2) is 0 Å². The second kappa shape index (κ2) is 2.23. The van der Waals surface area contributed by atoms with E-state index >= 15 is 0 Å². The summed E-state index contributed by atoms with van der Waals surface area (Å²) in [6.07, 6.45) is 7.26. The predicted molar refractivity (Wildman–Crippen MR) is 43.0 cm³/mol. The SMILES string of the molecule is CCC1NCCC12CCC2. The largest absolute Gasteiger partial charge is 0.313 e. The Morgan fingerprint density at radius 2 is 2.20 bits per heavy atom. The first kappa shape index (κ1) is 6.66. The van der Waals surface area contributed by atoms with Gasteiger partial charge in [0.1, 0.15) is 0 Å². The maximum Gasteiger partial charge on any atom is 0.0121 e. The molecule has 2 fully saturated rings. The Balaban J connectivity index is 2.05. The molecule has 1 heteroatoms. The Hall–Kier alpha value is -0.0400. The second-order valence-electron chi connectivity index (χ2n) is 3.88. The van der Waals surface area contributed by atoms with Gasteiger partial charge in [0.25, 0.3) is 0 Å². The quantitative estimate of drug-likeness (QED) is 0.585. The topological polar surface area (TPSA) is 12.0 Å². The van der Waals surface area contributed by atoms with Gasteiger partial charge >= 0.3 is 0 Å².